The number of nitrogens with zero attached hydrogens (tertiary/aromatic N) is 2. The predicted molar refractivity (Wildman–Crippen MR) is 84.0 cm³/mol. The van der Waals surface area contributed by atoms with E-state index in [4.69, 9.17) is 27.9 Å². The summed E-state index contributed by atoms with van der Waals surface area (Å²) in [5, 5.41) is 3.81. The molecule has 0 aromatic heterocycles. The molecule has 1 N–H and O–H groups in total. The van der Waals surface area contributed by atoms with Crippen molar-refractivity contribution in [3.8, 4) is 0 Å². The zero-order chi connectivity index (χ0) is 15.6. The van der Waals surface area contributed by atoms with Gasteiger partial charge in [-0.15, -0.1) is 0 Å². The molecule has 0 aliphatic carbocycles. The Morgan fingerprint density at radius 1 is 1.48 bits per heavy atom. The number of hydrogen-bond acceptors (Lipinski definition) is 4. The van der Waals surface area contributed by atoms with Crippen molar-refractivity contribution in [2.75, 3.05) is 13.6 Å². The molecule has 0 spiro atoms. The quantitative estimate of drug-likeness (QED) is 0.903. The predicted octanol–water partition coefficient (Wildman–Crippen LogP) is 3.47. The summed E-state index contributed by atoms with van der Waals surface area (Å²) in [6, 6.07) is 5.32. The fraction of sp³-hybridized carbons (Fsp3) is 0.429. The van der Waals surface area contributed by atoms with Gasteiger partial charge >= 0.3 is 6.09 Å². The van der Waals surface area contributed by atoms with Crippen LogP contribution in [0.3, 0.4) is 0 Å². The highest BCUT2D eigenvalue weighted by Crippen LogP contribution is 2.31. The van der Waals surface area contributed by atoms with Gasteiger partial charge in [0.1, 0.15) is 0 Å². The molecule has 1 aliphatic rings. The minimum atomic E-state index is -0.515. The summed E-state index contributed by atoms with van der Waals surface area (Å²) in [5.41, 5.74) is 0.918. The molecule has 0 bridgehead atoms. The summed E-state index contributed by atoms with van der Waals surface area (Å²) in [6.07, 6.45) is -0.697. The smallest absolute Gasteiger partial charge is 0.414 e. The number of alkyl carbamates (subject to hydrolysis) is 1. The average molecular weight is 330 g/mol. The van der Waals surface area contributed by atoms with E-state index in [2.05, 4.69) is 10.3 Å². The molecule has 1 aliphatic heterocycles. The number of carbonyl (C=O) groups is 1. The van der Waals surface area contributed by atoms with Gasteiger partial charge in [0.25, 0.3) is 0 Å². The summed E-state index contributed by atoms with van der Waals surface area (Å²) >= 11 is 12.1. The van der Waals surface area contributed by atoms with Gasteiger partial charge in [0, 0.05) is 17.1 Å². The van der Waals surface area contributed by atoms with Crippen LogP contribution in [0.5, 0.6) is 0 Å². The van der Waals surface area contributed by atoms with Crippen LogP contribution in [0.15, 0.2) is 23.2 Å². The van der Waals surface area contributed by atoms with Gasteiger partial charge in [-0.2, -0.15) is 0 Å². The summed E-state index contributed by atoms with van der Waals surface area (Å²) < 4.78 is 5.04. The number of halogens is 2. The molecule has 21 heavy (non-hydrogen) atoms. The van der Waals surface area contributed by atoms with Crippen molar-refractivity contribution in [2.24, 2.45) is 4.99 Å². The molecule has 1 aromatic rings. The Labute approximate surface area is 133 Å². The molecule has 1 unspecified atom stereocenters. The van der Waals surface area contributed by atoms with Crippen LogP contribution in [0.25, 0.3) is 0 Å². The number of amides is 1. The normalized spacial score (nSPS) is 17.9. The zero-order valence-corrected chi connectivity index (χ0v) is 13.6. The highest BCUT2D eigenvalue weighted by molar-refractivity contribution is 6.35. The van der Waals surface area contributed by atoms with Gasteiger partial charge in [-0.05, 0) is 31.5 Å². The van der Waals surface area contributed by atoms with E-state index in [1.165, 1.54) is 0 Å². The highest BCUT2D eigenvalue weighted by atomic mass is 35.5. The lowest BCUT2D eigenvalue weighted by Crippen LogP contribution is -2.41. The van der Waals surface area contributed by atoms with Crippen molar-refractivity contribution in [3.05, 3.63) is 33.8 Å². The van der Waals surface area contributed by atoms with Crippen LogP contribution in [0, 0.1) is 0 Å². The van der Waals surface area contributed by atoms with E-state index in [0.717, 1.165) is 5.56 Å². The van der Waals surface area contributed by atoms with Gasteiger partial charge in [0.15, 0.2) is 0 Å². The van der Waals surface area contributed by atoms with Gasteiger partial charge < -0.3 is 9.64 Å². The van der Waals surface area contributed by atoms with Crippen molar-refractivity contribution < 1.29 is 9.53 Å². The maximum absolute atomic E-state index is 11.6. The number of aliphatic imine (C=N–C) groups is 1. The molecule has 2 rings (SSSR count). The lowest BCUT2D eigenvalue weighted by atomic mass is 10.1. The third-order valence-electron chi connectivity index (χ3n) is 3.09. The lowest BCUT2D eigenvalue weighted by molar-refractivity contribution is 0.119. The molecule has 114 valence electrons. The van der Waals surface area contributed by atoms with Gasteiger partial charge in [-0.25, -0.2) is 4.79 Å². The molecular weight excluding hydrogens is 313 g/mol. The van der Waals surface area contributed by atoms with Crippen LogP contribution in [0.1, 0.15) is 25.5 Å². The number of carbonyl (C=O) groups excluding carboxylic acids is 1. The van der Waals surface area contributed by atoms with Gasteiger partial charge in [-0.3, -0.25) is 10.3 Å². The minimum absolute atomic E-state index is 0.0379. The van der Waals surface area contributed by atoms with Crippen molar-refractivity contribution >= 4 is 35.3 Å². The number of rotatable bonds is 2. The van der Waals surface area contributed by atoms with Crippen molar-refractivity contribution in [2.45, 2.75) is 26.0 Å². The van der Waals surface area contributed by atoms with Crippen LogP contribution < -0.4 is 5.32 Å². The third-order valence-corrected chi connectivity index (χ3v) is 3.66. The molecule has 0 saturated carbocycles. The monoisotopic (exact) mass is 329 g/mol. The third kappa shape index (κ3) is 3.80. The summed E-state index contributed by atoms with van der Waals surface area (Å²) in [7, 11) is 1.84. The Morgan fingerprint density at radius 3 is 2.81 bits per heavy atom. The number of ether oxygens (including phenoxy) is 1. The second-order valence-corrected chi connectivity index (χ2v) is 5.88. The van der Waals surface area contributed by atoms with Crippen molar-refractivity contribution in [1.82, 2.24) is 10.2 Å². The van der Waals surface area contributed by atoms with Crippen LogP contribution in [-0.4, -0.2) is 36.6 Å². The van der Waals surface area contributed by atoms with E-state index in [0.29, 0.717) is 22.5 Å². The molecule has 1 heterocycles. The van der Waals surface area contributed by atoms with E-state index in [-0.39, 0.29) is 12.1 Å². The topological polar surface area (TPSA) is 53.9 Å². The minimum Gasteiger partial charge on any atom is -0.447 e. The number of guanidine groups is 1. The number of benzene rings is 1. The second-order valence-electron chi connectivity index (χ2n) is 5.04. The standard InChI is InChI=1S/C14H17Cl2N3O2/c1-8(2)21-14(20)18-13-17-7-12(19(13)3)10-5-4-9(15)6-11(10)16/h4-6,8,12H,7H2,1-3H3,(H,17,18,20). The molecule has 0 saturated heterocycles. The fourth-order valence-corrected chi connectivity index (χ4v) is 2.63. The largest absolute Gasteiger partial charge is 0.447 e. The molecule has 0 radical (unpaired) electrons. The molecule has 5 nitrogen and oxygen atoms in total. The van der Waals surface area contributed by atoms with Crippen molar-refractivity contribution in [1.29, 1.82) is 0 Å². The average Bonchev–Trinajstić information content (AvgIpc) is 2.70. The van der Waals surface area contributed by atoms with Crippen LogP contribution in [0.4, 0.5) is 4.79 Å². The number of hydrogen-bond donors (Lipinski definition) is 1. The first-order chi connectivity index (χ1) is 9.88. The Bertz CT molecular complexity index is 575. The van der Waals surface area contributed by atoms with E-state index in [1.54, 1.807) is 26.0 Å². The first kappa shape index (κ1) is 15.9. The summed E-state index contributed by atoms with van der Waals surface area (Å²) in [5.74, 6) is 0.469. The van der Waals surface area contributed by atoms with Gasteiger partial charge in [0.05, 0.1) is 18.7 Å². The first-order valence-corrected chi connectivity index (χ1v) is 7.34. The van der Waals surface area contributed by atoms with Crippen LogP contribution >= 0.6 is 23.2 Å². The molecule has 0 fully saturated rings. The van der Waals surface area contributed by atoms with E-state index >= 15 is 0 Å². The number of nitrogens with one attached hydrogen (secondary N) is 1. The Balaban J connectivity index is 2.06. The van der Waals surface area contributed by atoms with Crippen LogP contribution in [-0.2, 0) is 4.74 Å². The Kier molecular flexibility index (Phi) is 4.96. The van der Waals surface area contributed by atoms with Crippen LogP contribution in [0.2, 0.25) is 10.0 Å². The van der Waals surface area contributed by atoms with Crippen molar-refractivity contribution in [3.63, 3.8) is 0 Å². The van der Waals surface area contributed by atoms with Gasteiger partial charge in [-0.1, -0.05) is 29.3 Å². The van der Waals surface area contributed by atoms with E-state index in [9.17, 15) is 4.79 Å². The van der Waals surface area contributed by atoms with E-state index in [1.807, 2.05) is 18.0 Å². The Morgan fingerprint density at radius 2 is 2.19 bits per heavy atom. The zero-order valence-electron chi connectivity index (χ0n) is 12.1. The highest BCUT2D eigenvalue weighted by Gasteiger charge is 2.29. The lowest BCUT2D eigenvalue weighted by Gasteiger charge is -2.24. The maximum Gasteiger partial charge on any atom is 0.414 e. The molecule has 7 heteroatoms. The fourth-order valence-electron chi connectivity index (χ4n) is 2.10. The SMILES string of the molecule is CC(C)OC(=O)NC1=NCC(c2ccc(Cl)cc2Cl)N1C. The summed E-state index contributed by atoms with van der Waals surface area (Å²) in [4.78, 5) is 17.8. The van der Waals surface area contributed by atoms with E-state index < -0.39 is 6.09 Å². The molecule has 1 aromatic carbocycles. The maximum atomic E-state index is 11.6. The second kappa shape index (κ2) is 6.54. The Hall–Kier alpha value is -1.46. The van der Waals surface area contributed by atoms with Gasteiger partial charge in [0.2, 0.25) is 5.96 Å². The summed E-state index contributed by atoms with van der Waals surface area (Å²) in [6.45, 7) is 4.08. The first-order valence-electron chi connectivity index (χ1n) is 6.58. The molecule has 1 amide bonds. The molecule has 1 atom stereocenters. The number of likely N-dealkylation sites (N-methyl/N-ethyl adjacent to an activating group) is 1. The molecular formula is C14H17Cl2N3O2.